The summed E-state index contributed by atoms with van der Waals surface area (Å²) in [4.78, 5) is 13.2. The van der Waals surface area contributed by atoms with Crippen LogP contribution in [0.15, 0.2) is 29.2 Å². The second-order valence-corrected chi connectivity index (χ2v) is 6.38. The zero-order valence-electron chi connectivity index (χ0n) is 11.2. The minimum atomic E-state index is 0.0133. The monoisotopic (exact) mass is 297 g/mol. The molecule has 0 radical (unpaired) electrons. The van der Waals surface area contributed by atoms with E-state index < -0.39 is 0 Å². The fourth-order valence-electron chi connectivity index (χ4n) is 2.54. The number of rotatable bonds is 4. The summed E-state index contributed by atoms with van der Waals surface area (Å²) in [5, 5.41) is 3.25. The van der Waals surface area contributed by atoms with Gasteiger partial charge in [-0.25, -0.2) is 0 Å². The van der Waals surface area contributed by atoms with Crippen LogP contribution in [0, 0.1) is 5.92 Å². The maximum absolute atomic E-state index is 12.2. The van der Waals surface area contributed by atoms with E-state index in [1.807, 2.05) is 30.5 Å². The molecule has 19 heavy (non-hydrogen) atoms. The Labute approximate surface area is 124 Å². The number of benzene rings is 1. The van der Waals surface area contributed by atoms with Crippen LogP contribution in [0.3, 0.4) is 0 Å². The smallest absolute Gasteiger partial charge is 0.252 e. The van der Waals surface area contributed by atoms with Crippen molar-refractivity contribution in [1.82, 2.24) is 5.32 Å². The molecule has 4 heteroatoms. The summed E-state index contributed by atoms with van der Waals surface area (Å²) in [6.07, 6.45) is 6.63. The Morgan fingerprint density at radius 1 is 1.37 bits per heavy atom. The second-order valence-electron chi connectivity index (χ2n) is 4.97. The van der Waals surface area contributed by atoms with Gasteiger partial charge in [0.05, 0.1) is 5.56 Å². The molecular weight excluding hydrogens is 278 g/mol. The molecule has 2 unspecified atom stereocenters. The fraction of sp³-hybridized carbons (Fsp3) is 0.533. The van der Waals surface area contributed by atoms with E-state index in [0.29, 0.717) is 12.5 Å². The van der Waals surface area contributed by atoms with E-state index >= 15 is 0 Å². The lowest BCUT2D eigenvalue weighted by molar-refractivity contribution is 0.0941. The molecule has 0 aliphatic heterocycles. The number of hydrogen-bond acceptors (Lipinski definition) is 2. The average molecular weight is 298 g/mol. The van der Waals surface area contributed by atoms with Crippen molar-refractivity contribution in [1.29, 1.82) is 0 Å². The molecule has 1 aromatic rings. The van der Waals surface area contributed by atoms with Gasteiger partial charge >= 0.3 is 0 Å². The van der Waals surface area contributed by atoms with E-state index in [0.717, 1.165) is 23.3 Å². The summed E-state index contributed by atoms with van der Waals surface area (Å²) in [6, 6.07) is 7.71. The highest BCUT2D eigenvalue weighted by molar-refractivity contribution is 7.98. The average Bonchev–Trinajstić information content (AvgIpc) is 2.46. The van der Waals surface area contributed by atoms with Gasteiger partial charge in [0.15, 0.2) is 0 Å². The molecule has 1 N–H and O–H groups in total. The molecule has 1 saturated carbocycles. The number of nitrogens with one attached hydrogen (secondary N) is 1. The van der Waals surface area contributed by atoms with Crippen LogP contribution in [0.1, 0.15) is 36.0 Å². The highest BCUT2D eigenvalue weighted by atomic mass is 35.5. The van der Waals surface area contributed by atoms with E-state index in [4.69, 9.17) is 11.6 Å². The van der Waals surface area contributed by atoms with E-state index in [9.17, 15) is 4.79 Å². The molecule has 0 saturated heterocycles. The molecule has 1 aromatic carbocycles. The van der Waals surface area contributed by atoms with Gasteiger partial charge in [0.2, 0.25) is 0 Å². The van der Waals surface area contributed by atoms with Crippen molar-refractivity contribution in [2.24, 2.45) is 5.92 Å². The third kappa shape index (κ3) is 3.90. The van der Waals surface area contributed by atoms with Gasteiger partial charge < -0.3 is 5.32 Å². The molecule has 1 aliphatic carbocycles. The first-order chi connectivity index (χ1) is 9.22. The Kier molecular flexibility index (Phi) is 5.59. The van der Waals surface area contributed by atoms with Crippen LogP contribution in [0.4, 0.5) is 0 Å². The molecule has 0 aromatic heterocycles. The Bertz CT molecular complexity index is 438. The van der Waals surface area contributed by atoms with Crippen LogP contribution >= 0.6 is 23.4 Å². The fourth-order valence-corrected chi connectivity index (χ4v) is 3.51. The minimum absolute atomic E-state index is 0.0133. The van der Waals surface area contributed by atoms with E-state index in [1.54, 1.807) is 11.8 Å². The van der Waals surface area contributed by atoms with Crippen molar-refractivity contribution in [3.63, 3.8) is 0 Å². The van der Waals surface area contributed by atoms with Crippen molar-refractivity contribution in [3.05, 3.63) is 29.8 Å². The third-order valence-electron chi connectivity index (χ3n) is 3.69. The van der Waals surface area contributed by atoms with Crippen LogP contribution in [0.25, 0.3) is 0 Å². The van der Waals surface area contributed by atoms with Crippen molar-refractivity contribution >= 4 is 29.3 Å². The van der Waals surface area contributed by atoms with Gasteiger partial charge in [0, 0.05) is 16.8 Å². The highest BCUT2D eigenvalue weighted by Gasteiger charge is 2.23. The van der Waals surface area contributed by atoms with Gasteiger partial charge in [-0.05, 0) is 37.1 Å². The molecule has 0 heterocycles. The Hall–Kier alpha value is -0.670. The Morgan fingerprint density at radius 2 is 2.11 bits per heavy atom. The van der Waals surface area contributed by atoms with Crippen molar-refractivity contribution in [2.75, 3.05) is 12.8 Å². The van der Waals surface area contributed by atoms with Crippen molar-refractivity contribution < 1.29 is 4.79 Å². The predicted molar refractivity (Wildman–Crippen MR) is 82.2 cm³/mol. The van der Waals surface area contributed by atoms with Crippen LogP contribution in [-0.2, 0) is 0 Å². The second kappa shape index (κ2) is 7.20. The molecule has 1 amide bonds. The van der Waals surface area contributed by atoms with Gasteiger partial charge in [0.25, 0.3) is 5.91 Å². The summed E-state index contributed by atoms with van der Waals surface area (Å²) in [5.41, 5.74) is 0.761. The van der Waals surface area contributed by atoms with Gasteiger partial charge in [-0.1, -0.05) is 25.0 Å². The minimum Gasteiger partial charge on any atom is -0.352 e. The molecule has 2 rings (SSSR count). The number of alkyl halides is 1. The van der Waals surface area contributed by atoms with Crippen molar-refractivity contribution in [2.45, 2.75) is 36.0 Å². The van der Waals surface area contributed by atoms with E-state index in [-0.39, 0.29) is 11.3 Å². The molecule has 2 nitrogen and oxygen atoms in total. The molecule has 1 aliphatic rings. The van der Waals surface area contributed by atoms with E-state index in [2.05, 4.69) is 5.32 Å². The Morgan fingerprint density at radius 3 is 2.84 bits per heavy atom. The summed E-state index contributed by atoms with van der Waals surface area (Å²) < 4.78 is 0. The van der Waals surface area contributed by atoms with Crippen LogP contribution in [0.2, 0.25) is 0 Å². The third-order valence-corrected chi connectivity index (χ3v) is 5.06. The van der Waals surface area contributed by atoms with Crippen LogP contribution in [-0.4, -0.2) is 24.1 Å². The molecule has 0 spiro atoms. The largest absolute Gasteiger partial charge is 0.352 e. The quantitative estimate of drug-likeness (QED) is 0.674. The number of hydrogen-bond donors (Lipinski definition) is 1. The topological polar surface area (TPSA) is 29.1 Å². The number of carbonyl (C=O) groups is 1. The summed E-state index contributed by atoms with van der Waals surface area (Å²) in [6.45, 7) is 0.690. The molecule has 2 atom stereocenters. The molecule has 104 valence electrons. The lowest BCUT2D eigenvalue weighted by Gasteiger charge is -2.27. The number of thioether (sulfide) groups is 1. The van der Waals surface area contributed by atoms with Crippen LogP contribution in [0.5, 0.6) is 0 Å². The lowest BCUT2D eigenvalue weighted by Crippen LogP contribution is -2.34. The number of amides is 1. The van der Waals surface area contributed by atoms with Gasteiger partial charge in [-0.15, -0.1) is 23.4 Å². The van der Waals surface area contributed by atoms with Gasteiger partial charge in [-0.2, -0.15) is 0 Å². The van der Waals surface area contributed by atoms with Crippen molar-refractivity contribution in [3.8, 4) is 0 Å². The van der Waals surface area contributed by atoms with Gasteiger partial charge in [-0.3, -0.25) is 4.79 Å². The molecule has 1 fully saturated rings. The molecular formula is C15H20ClNOS. The summed E-state index contributed by atoms with van der Waals surface area (Å²) >= 11 is 7.91. The number of carbonyl (C=O) groups excluding carboxylic acids is 1. The first-order valence-corrected chi connectivity index (χ1v) is 8.43. The zero-order chi connectivity index (χ0) is 13.7. The standard InChI is InChI=1S/C15H20ClNOS/c1-19-14-9-5-3-7-12(14)15(18)17-10-11-6-2-4-8-13(11)16/h3,5,7,9,11,13H,2,4,6,8,10H2,1H3,(H,17,18). The number of halogens is 1. The predicted octanol–water partition coefficient (Wildman–Crippen LogP) is 3.94. The van der Waals surface area contributed by atoms with E-state index in [1.165, 1.54) is 12.8 Å². The summed E-state index contributed by atoms with van der Waals surface area (Å²) in [5.74, 6) is 0.431. The zero-order valence-corrected chi connectivity index (χ0v) is 12.8. The Balaban J connectivity index is 1.93. The first-order valence-electron chi connectivity index (χ1n) is 6.77. The maximum Gasteiger partial charge on any atom is 0.252 e. The summed E-state index contributed by atoms with van der Waals surface area (Å²) in [7, 11) is 0. The van der Waals surface area contributed by atoms with Crippen LogP contribution < -0.4 is 5.32 Å². The molecule has 0 bridgehead atoms. The van der Waals surface area contributed by atoms with Gasteiger partial charge in [0.1, 0.15) is 0 Å². The first kappa shape index (κ1) is 14.7. The maximum atomic E-state index is 12.2. The normalized spacial score (nSPS) is 23.1. The lowest BCUT2D eigenvalue weighted by atomic mass is 9.88. The SMILES string of the molecule is CSc1ccccc1C(=O)NCC1CCCCC1Cl. The highest BCUT2D eigenvalue weighted by Crippen LogP contribution is 2.28.